The van der Waals surface area contributed by atoms with Gasteiger partial charge in [0.1, 0.15) is 23.0 Å². The fraction of sp³-hybridized carbons (Fsp3) is 0.0800. The summed E-state index contributed by atoms with van der Waals surface area (Å²) in [6.07, 6.45) is 0. The number of aromatic nitrogens is 5. The van der Waals surface area contributed by atoms with Gasteiger partial charge in [0.25, 0.3) is 0 Å². The number of hydrogen-bond acceptors (Lipinski definition) is 4. The van der Waals surface area contributed by atoms with E-state index in [4.69, 9.17) is 20.7 Å². The fourth-order valence-corrected chi connectivity index (χ4v) is 4.24. The van der Waals surface area contributed by atoms with Gasteiger partial charge in [0.2, 0.25) is 0 Å². The lowest BCUT2D eigenvalue weighted by Crippen LogP contribution is -2.06. The predicted octanol–water partition coefficient (Wildman–Crippen LogP) is 4.91. The Balaban J connectivity index is 1.67. The quantitative estimate of drug-likeness (QED) is 0.440. The molecular weight excluding hydrogens is 403 g/mol. The molecule has 6 rings (SSSR count). The highest BCUT2D eigenvalue weighted by Gasteiger charge is 2.24. The number of imidazole rings is 1. The standard InChI is InChI=1S/C25H19FN6/c1-31-20-9-5-4-8-19(20)30-24(31)21-22-25(29-18-7-3-2-6-17(18)28-22)32(23(21)27)14-15-10-12-16(26)13-11-15/h2-13H,14,27H2,1H3. The maximum absolute atomic E-state index is 13.4. The van der Waals surface area contributed by atoms with Gasteiger partial charge in [-0.1, -0.05) is 36.4 Å². The molecule has 0 radical (unpaired) electrons. The first-order valence-electron chi connectivity index (χ1n) is 10.3. The molecule has 6 aromatic rings. The zero-order chi connectivity index (χ0) is 21.8. The molecule has 0 fully saturated rings. The first-order valence-corrected chi connectivity index (χ1v) is 10.3. The summed E-state index contributed by atoms with van der Waals surface area (Å²) >= 11 is 0. The number of rotatable bonds is 3. The van der Waals surface area contributed by atoms with Crippen LogP contribution >= 0.6 is 0 Å². The topological polar surface area (TPSA) is 74.5 Å². The second-order valence-corrected chi connectivity index (χ2v) is 7.84. The molecule has 0 spiro atoms. The van der Waals surface area contributed by atoms with Gasteiger partial charge < -0.3 is 14.9 Å². The van der Waals surface area contributed by atoms with Gasteiger partial charge in [-0.15, -0.1) is 0 Å². The van der Waals surface area contributed by atoms with E-state index in [1.165, 1.54) is 12.1 Å². The van der Waals surface area contributed by atoms with Crippen LogP contribution in [0.1, 0.15) is 5.56 Å². The molecule has 7 heteroatoms. The van der Waals surface area contributed by atoms with Gasteiger partial charge in [0, 0.05) is 7.05 Å². The Bertz CT molecular complexity index is 1630. The molecule has 0 saturated carbocycles. The minimum atomic E-state index is -0.273. The van der Waals surface area contributed by atoms with Crippen LogP contribution in [0.25, 0.3) is 44.6 Å². The monoisotopic (exact) mass is 422 g/mol. The highest BCUT2D eigenvalue weighted by Crippen LogP contribution is 2.37. The van der Waals surface area contributed by atoms with Crippen LogP contribution in [0.5, 0.6) is 0 Å². The number of nitrogens with zero attached hydrogens (tertiary/aromatic N) is 5. The molecule has 0 aliphatic rings. The highest BCUT2D eigenvalue weighted by atomic mass is 19.1. The predicted molar refractivity (Wildman–Crippen MR) is 125 cm³/mol. The molecule has 0 unspecified atom stereocenters. The summed E-state index contributed by atoms with van der Waals surface area (Å²) in [6.45, 7) is 0.444. The maximum Gasteiger partial charge on any atom is 0.162 e. The Morgan fingerprint density at radius 1 is 0.812 bits per heavy atom. The second-order valence-electron chi connectivity index (χ2n) is 7.84. The minimum Gasteiger partial charge on any atom is -0.384 e. The number of benzene rings is 3. The zero-order valence-corrected chi connectivity index (χ0v) is 17.3. The van der Waals surface area contributed by atoms with Crippen molar-refractivity contribution in [2.45, 2.75) is 6.54 Å². The van der Waals surface area contributed by atoms with Gasteiger partial charge in [-0.2, -0.15) is 0 Å². The molecule has 32 heavy (non-hydrogen) atoms. The smallest absolute Gasteiger partial charge is 0.162 e. The number of anilines is 1. The lowest BCUT2D eigenvalue weighted by Gasteiger charge is -2.08. The van der Waals surface area contributed by atoms with E-state index >= 15 is 0 Å². The normalized spacial score (nSPS) is 11.7. The van der Waals surface area contributed by atoms with E-state index in [0.717, 1.165) is 39.0 Å². The molecule has 6 nitrogen and oxygen atoms in total. The lowest BCUT2D eigenvalue weighted by molar-refractivity contribution is 0.626. The number of fused-ring (bicyclic) bond motifs is 3. The number of hydrogen-bond donors (Lipinski definition) is 1. The molecular formula is C25H19FN6. The Hall–Kier alpha value is -4.26. The molecule has 156 valence electrons. The SMILES string of the molecule is Cn1c(-c2c(N)n(Cc3ccc(F)cc3)c3nc4ccccc4nc23)nc2ccccc21. The lowest BCUT2D eigenvalue weighted by atomic mass is 10.2. The van der Waals surface area contributed by atoms with Crippen molar-refractivity contribution in [2.24, 2.45) is 7.05 Å². The van der Waals surface area contributed by atoms with Crippen molar-refractivity contribution < 1.29 is 4.39 Å². The van der Waals surface area contributed by atoms with Crippen molar-refractivity contribution in [3.8, 4) is 11.4 Å². The fourth-order valence-electron chi connectivity index (χ4n) is 4.24. The summed E-state index contributed by atoms with van der Waals surface area (Å²) < 4.78 is 17.4. The van der Waals surface area contributed by atoms with Gasteiger partial charge in [-0.05, 0) is 42.0 Å². The highest BCUT2D eigenvalue weighted by molar-refractivity contribution is 6.01. The molecule has 3 aromatic carbocycles. The average molecular weight is 422 g/mol. The van der Waals surface area contributed by atoms with E-state index in [0.29, 0.717) is 23.5 Å². The maximum atomic E-state index is 13.4. The number of nitrogens with two attached hydrogens (primary N) is 1. The van der Waals surface area contributed by atoms with E-state index in [9.17, 15) is 4.39 Å². The first-order chi connectivity index (χ1) is 15.6. The van der Waals surface area contributed by atoms with E-state index in [-0.39, 0.29) is 5.82 Å². The molecule has 0 bridgehead atoms. The third-order valence-corrected chi connectivity index (χ3v) is 5.86. The molecule has 3 heterocycles. The van der Waals surface area contributed by atoms with E-state index in [2.05, 4.69) is 0 Å². The van der Waals surface area contributed by atoms with Crippen molar-refractivity contribution in [1.29, 1.82) is 0 Å². The third kappa shape index (κ3) is 2.75. The van der Waals surface area contributed by atoms with Gasteiger partial charge >= 0.3 is 0 Å². The number of aryl methyl sites for hydroxylation is 1. The van der Waals surface area contributed by atoms with Gasteiger partial charge in [0.15, 0.2) is 5.65 Å². The average Bonchev–Trinajstić information content (AvgIpc) is 3.27. The Morgan fingerprint density at radius 3 is 2.19 bits per heavy atom. The van der Waals surface area contributed by atoms with Crippen molar-refractivity contribution in [3.05, 3.63) is 84.2 Å². The van der Waals surface area contributed by atoms with Gasteiger partial charge in [-0.25, -0.2) is 19.3 Å². The van der Waals surface area contributed by atoms with E-state index < -0.39 is 0 Å². The van der Waals surface area contributed by atoms with Crippen LogP contribution < -0.4 is 5.73 Å². The third-order valence-electron chi connectivity index (χ3n) is 5.86. The zero-order valence-electron chi connectivity index (χ0n) is 17.3. The number of para-hydroxylation sites is 4. The van der Waals surface area contributed by atoms with E-state index in [1.54, 1.807) is 12.1 Å². The Morgan fingerprint density at radius 2 is 1.47 bits per heavy atom. The van der Waals surface area contributed by atoms with Crippen LogP contribution in [-0.4, -0.2) is 24.1 Å². The summed E-state index contributed by atoms with van der Waals surface area (Å²) in [6, 6.07) is 22.1. The number of nitrogen functional groups attached to an aromatic ring is 1. The largest absolute Gasteiger partial charge is 0.384 e. The number of halogens is 1. The molecule has 3 aromatic heterocycles. The van der Waals surface area contributed by atoms with Gasteiger partial charge in [0.05, 0.1) is 34.2 Å². The minimum absolute atomic E-state index is 0.273. The molecule has 0 saturated heterocycles. The molecule has 2 N–H and O–H groups in total. The van der Waals surface area contributed by atoms with Crippen molar-refractivity contribution in [2.75, 3.05) is 5.73 Å². The van der Waals surface area contributed by atoms with Crippen molar-refractivity contribution >= 4 is 39.0 Å². The Labute approximate surface area is 182 Å². The van der Waals surface area contributed by atoms with Crippen molar-refractivity contribution in [1.82, 2.24) is 24.1 Å². The van der Waals surface area contributed by atoms with Crippen molar-refractivity contribution in [3.63, 3.8) is 0 Å². The summed E-state index contributed by atoms with van der Waals surface area (Å²) in [4.78, 5) is 14.7. The van der Waals surface area contributed by atoms with Crippen LogP contribution in [0.15, 0.2) is 72.8 Å². The molecule has 0 atom stereocenters. The van der Waals surface area contributed by atoms with Crippen LogP contribution in [0.3, 0.4) is 0 Å². The molecule has 0 aliphatic carbocycles. The summed E-state index contributed by atoms with van der Waals surface area (Å²) in [5.74, 6) is 0.986. The van der Waals surface area contributed by atoms with Crippen LogP contribution in [-0.2, 0) is 13.6 Å². The summed E-state index contributed by atoms with van der Waals surface area (Å²) in [5.41, 5.74) is 13.2. The molecule has 0 amide bonds. The van der Waals surface area contributed by atoms with Crippen LogP contribution in [0.2, 0.25) is 0 Å². The van der Waals surface area contributed by atoms with Crippen LogP contribution in [0, 0.1) is 5.82 Å². The summed E-state index contributed by atoms with van der Waals surface area (Å²) in [7, 11) is 1.97. The second kappa shape index (κ2) is 6.88. The van der Waals surface area contributed by atoms with Crippen LogP contribution in [0.4, 0.5) is 10.2 Å². The Kier molecular flexibility index (Phi) is 3.98. The first kappa shape index (κ1) is 18.5. The summed E-state index contributed by atoms with van der Waals surface area (Å²) in [5, 5.41) is 0. The molecule has 0 aliphatic heterocycles. The van der Waals surface area contributed by atoms with E-state index in [1.807, 2.05) is 64.7 Å². The van der Waals surface area contributed by atoms with Gasteiger partial charge in [-0.3, -0.25) is 0 Å².